The van der Waals surface area contributed by atoms with Gasteiger partial charge in [0.15, 0.2) is 0 Å². The highest BCUT2D eigenvalue weighted by Crippen LogP contribution is 2.34. The summed E-state index contributed by atoms with van der Waals surface area (Å²) in [4.78, 5) is 1.32. The van der Waals surface area contributed by atoms with Crippen molar-refractivity contribution < 1.29 is 4.74 Å². The van der Waals surface area contributed by atoms with Gasteiger partial charge in [-0.15, -0.1) is 11.8 Å². The zero-order valence-electron chi connectivity index (χ0n) is 12.7. The molecule has 2 aromatic carbocycles. The molecular weight excluding hydrogens is 278 g/mol. The van der Waals surface area contributed by atoms with Crippen molar-refractivity contribution in [2.45, 2.75) is 23.6 Å². The molecule has 0 fully saturated rings. The number of ether oxygens (including phenoxy) is 1. The summed E-state index contributed by atoms with van der Waals surface area (Å²) >= 11 is 1.90. The van der Waals surface area contributed by atoms with E-state index in [2.05, 4.69) is 66.8 Å². The molecule has 0 radical (unpaired) electrons. The lowest BCUT2D eigenvalue weighted by Gasteiger charge is -2.12. The highest BCUT2D eigenvalue weighted by Gasteiger charge is 2.07. The van der Waals surface area contributed by atoms with E-state index in [4.69, 9.17) is 4.74 Å². The maximum Gasteiger partial charge on any atom is 0.0587 e. The lowest BCUT2D eigenvalue weighted by molar-refractivity contribution is 0.199. The summed E-state index contributed by atoms with van der Waals surface area (Å²) < 4.78 is 5.04. The van der Waals surface area contributed by atoms with Crippen LogP contribution in [0, 0.1) is 0 Å². The molecule has 0 amide bonds. The molecular formula is C18H23NOS. The summed E-state index contributed by atoms with van der Waals surface area (Å²) in [5.74, 6) is 0. The highest BCUT2D eigenvalue weighted by atomic mass is 32.2. The zero-order valence-corrected chi connectivity index (χ0v) is 13.5. The van der Waals surface area contributed by atoms with Gasteiger partial charge in [-0.25, -0.2) is 0 Å². The van der Waals surface area contributed by atoms with E-state index in [0.717, 1.165) is 19.7 Å². The Hall–Kier alpha value is -1.29. The van der Waals surface area contributed by atoms with Gasteiger partial charge in [0.2, 0.25) is 0 Å². The molecule has 0 heterocycles. The van der Waals surface area contributed by atoms with Gasteiger partial charge in [-0.1, -0.05) is 42.5 Å². The third-order valence-corrected chi connectivity index (χ3v) is 4.44. The highest BCUT2D eigenvalue weighted by molar-refractivity contribution is 7.99. The first-order valence-electron chi connectivity index (χ1n) is 7.30. The molecule has 1 N–H and O–H groups in total. The molecule has 0 aliphatic carbocycles. The van der Waals surface area contributed by atoms with E-state index in [1.54, 1.807) is 7.11 Å². The number of hydrogen-bond donors (Lipinski definition) is 1. The Morgan fingerprint density at radius 1 is 1.10 bits per heavy atom. The SMILES string of the molecule is COCCNCc1cccc(SC(C)c2ccccc2)c1. The molecule has 3 heteroatoms. The minimum Gasteiger partial charge on any atom is -0.383 e. The van der Waals surface area contributed by atoms with Crippen LogP contribution in [0.5, 0.6) is 0 Å². The van der Waals surface area contributed by atoms with E-state index in [1.165, 1.54) is 16.0 Å². The molecule has 112 valence electrons. The van der Waals surface area contributed by atoms with Gasteiger partial charge in [-0.2, -0.15) is 0 Å². The largest absolute Gasteiger partial charge is 0.383 e. The van der Waals surface area contributed by atoms with Crippen molar-refractivity contribution in [1.82, 2.24) is 5.32 Å². The Balaban J connectivity index is 1.91. The Bertz CT molecular complexity index is 530. The van der Waals surface area contributed by atoms with E-state index >= 15 is 0 Å². The maximum absolute atomic E-state index is 5.04. The van der Waals surface area contributed by atoms with Crippen molar-refractivity contribution in [2.75, 3.05) is 20.3 Å². The summed E-state index contributed by atoms with van der Waals surface area (Å²) in [7, 11) is 1.73. The lowest BCUT2D eigenvalue weighted by atomic mass is 10.2. The molecule has 1 unspecified atom stereocenters. The van der Waals surface area contributed by atoms with Crippen molar-refractivity contribution >= 4 is 11.8 Å². The molecule has 2 rings (SSSR count). The Labute approximate surface area is 131 Å². The number of methoxy groups -OCH3 is 1. The van der Waals surface area contributed by atoms with Crippen molar-refractivity contribution in [1.29, 1.82) is 0 Å². The first-order valence-corrected chi connectivity index (χ1v) is 8.18. The van der Waals surface area contributed by atoms with Crippen LogP contribution in [0.2, 0.25) is 0 Å². The first-order chi connectivity index (χ1) is 10.3. The fraction of sp³-hybridized carbons (Fsp3) is 0.333. The van der Waals surface area contributed by atoms with Crippen LogP contribution in [0.15, 0.2) is 59.5 Å². The Morgan fingerprint density at radius 2 is 1.90 bits per heavy atom. The Morgan fingerprint density at radius 3 is 2.67 bits per heavy atom. The molecule has 0 spiro atoms. The molecule has 0 aliphatic rings. The van der Waals surface area contributed by atoms with Crippen LogP contribution in [-0.4, -0.2) is 20.3 Å². The van der Waals surface area contributed by atoms with E-state index in [1.807, 2.05) is 11.8 Å². The third kappa shape index (κ3) is 5.54. The van der Waals surface area contributed by atoms with E-state index in [-0.39, 0.29) is 0 Å². The second-order valence-corrected chi connectivity index (χ2v) is 6.40. The molecule has 0 saturated carbocycles. The Kier molecular flexibility index (Phi) is 6.80. The van der Waals surface area contributed by atoms with Gasteiger partial charge in [0, 0.05) is 30.3 Å². The van der Waals surface area contributed by atoms with Gasteiger partial charge in [-0.3, -0.25) is 0 Å². The van der Waals surface area contributed by atoms with Gasteiger partial charge in [0.25, 0.3) is 0 Å². The number of thioether (sulfide) groups is 1. The minimum atomic E-state index is 0.461. The molecule has 0 aliphatic heterocycles. The molecule has 2 nitrogen and oxygen atoms in total. The second-order valence-electron chi connectivity index (χ2n) is 4.99. The van der Waals surface area contributed by atoms with Crippen LogP contribution < -0.4 is 5.32 Å². The quantitative estimate of drug-likeness (QED) is 0.581. The van der Waals surface area contributed by atoms with Crippen molar-refractivity contribution in [3.63, 3.8) is 0 Å². The van der Waals surface area contributed by atoms with E-state index in [0.29, 0.717) is 5.25 Å². The van der Waals surface area contributed by atoms with Crippen LogP contribution in [0.1, 0.15) is 23.3 Å². The molecule has 0 saturated heterocycles. The summed E-state index contributed by atoms with van der Waals surface area (Å²) in [6, 6.07) is 19.4. The van der Waals surface area contributed by atoms with Gasteiger partial charge in [0.05, 0.1) is 6.61 Å². The summed E-state index contributed by atoms with van der Waals surface area (Å²) in [5.41, 5.74) is 2.68. The van der Waals surface area contributed by atoms with Crippen LogP contribution in [0.3, 0.4) is 0 Å². The first kappa shape index (κ1) is 16.1. The summed E-state index contributed by atoms with van der Waals surface area (Å²) in [5, 5.41) is 3.84. The van der Waals surface area contributed by atoms with Gasteiger partial charge < -0.3 is 10.1 Å². The van der Waals surface area contributed by atoms with Crippen LogP contribution in [-0.2, 0) is 11.3 Å². The fourth-order valence-corrected chi connectivity index (χ4v) is 3.21. The van der Waals surface area contributed by atoms with Crippen molar-refractivity contribution in [3.05, 3.63) is 65.7 Å². The standard InChI is InChI=1S/C18H23NOS/c1-15(17-8-4-3-5-9-17)21-18-10-6-7-16(13-18)14-19-11-12-20-2/h3-10,13,15,19H,11-12,14H2,1-2H3. The van der Waals surface area contributed by atoms with Crippen molar-refractivity contribution in [3.8, 4) is 0 Å². The van der Waals surface area contributed by atoms with Crippen LogP contribution >= 0.6 is 11.8 Å². The third-order valence-electron chi connectivity index (χ3n) is 3.29. The van der Waals surface area contributed by atoms with Gasteiger partial charge in [-0.05, 0) is 30.2 Å². The molecule has 0 aromatic heterocycles. The maximum atomic E-state index is 5.04. The lowest BCUT2D eigenvalue weighted by Crippen LogP contribution is -2.18. The summed E-state index contributed by atoms with van der Waals surface area (Å²) in [6.45, 7) is 4.77. The number of rotatable bonds is 8. The number of hydrogen-bond acceptors (Lipinski definition) is 3. The van der Waals surface area contributed by atoms with Gasteiger partial charge in [0.1, 0.15) is 0 Å². The topological polar surface area (TPSA) is 21.3 Å². The monoisotopic (exact) mass is 301 g/mol. The second kappa shape index (κ2) is 8.88. The molecule has 0 bridgehead atoms. The zero-order chi connectivity index (χ0) is 14.9. The van der Waals surface area contributed by atoms with E-state index < -0.39 is 0 Å². The number of benzene rings is 2. The van der Waals surface area contributed by atoms with Crippen LogP contribution in [0.4, 0.5) is 0 Å². The van der Waals surface area contributed by atoms with Crippen molar-refractivity contribution in [2.24, 2.45) is 0 Å². The summed E-state index contributed by atoms with van der Waals surface area (Å²) in [6.07, 6.45) is 0. The normalized spacial score (nSPS) is 12.3. The molecule has 2 aromatic rings. The smallest absolute Gasteiger partial charge is 0.0587 e. The average molecular weight is 301 g/mol. The van der Waals surface area contributed by atoms with E-state index in [9.17, 15) is 0 Å². The molecule has 1 atom stereocenters. The van der Waals surface area contributed by atoms with Crippen LogP contribution in [0.25, 0.3) is 0 Å². The number of nitrogens with one attached hydrogen (secondary N) is 1. The molecule has 21 heavy (non-hydrogen) atoms. The fourth-order valence-electron chi connectivity index (χ4n) is 2.13. The van der Waals surface area contributed by atoms with Gasteiger partial charge >= 0.3 is 0 Å². The predicted octanol–water partition coefficient (Wildman–Crippen LogP) is 4.28. The predicted molar refractivity (Wildman–Crippen MR) is 90.7 cm³/mol. The minimum absolute atomic E-state index is 0.461. The average Bonchev–Trinajstić information content (AvgIpc) is 2.53.